The highest BCUT2D eigenvalue weighted by atomic mass is 32.2. The van der Waals surface area contributed by atoms with Gasteiger partial charge in [0.25, 0.3) is 17.1 Å². The molecule has 0 radical (unpaired) electrons. The number of nitro groups is 3. The molecular weight excluding hydrogens is 825 g/mol. The summed E-state index contributed by atoms with van der Waals surface area (Å²) in [7, 11) is 3.12. The van der Waals surface area contributed by atoms with Gasteiger partial charge < -0.3 is 28.7 Å². The monoisotopic (exact) mass is 862 g/mol. The molecule has 0 N–H and O–H groups in total. The van der Waals surface area contributed by atoms with Crippen LogP contribution in [-0.4, -0.2) is 98.1 Å². The van der Waals surface area contributed by atoms with Gasteiger partial charge in [0, 0.05) is 68.4 Å². The van der Waals surface area contributed by atoms with Crippen molar-refractivity contribution >= 4 is 58.9 Å². The van der Waals surface area contributed by atoms with Crippen molar-refractivity contribution in [1.29, 1.82) is 0 Å². The molecule has 3 aliphatic heterocycles. The summed E-state index contributed by atoms with van der Waals surface area (Å²) in [5.41, 5.74) is 0.978. The molecular formula is C39H38N6O15S. The van der Waals surface area contributed by atoms with Crippen LogP contribution in [-0.2, 0) is 57.9 Å². The summed E-state index contributed by atoms with van der Waals surface area (Å²) in [6.07, 6.45) is -0.723. The lowest BCUT2D eigenvalue weighted by molar-refractivity contribution is -0.385. The van der Waals surface area contributed by atoms with E-state index >= 15 is 0 Å². The number of carbonyl (C=O) groups excluding carboxylic acids is 5. The molecule has 320 valence electrons. The van der Waals surface area contributed by atoms with Gasteiger partial charge >= 0.3 is 18.1 Å². The molecule has 2 amide bonds. The summed E-state index contributed by atoms with van der Waals surface area (Å²) in [5, 5.41) is 33.0. The maximum Gasteiger partial charge on any atom is 0.508 e. The summed E-state index contributed by atoms with van der Waals surface area (Å²) < 4.78 is 23.1. The molecule has 4 atom stereocenters. The zero-order valence-corrected chi connectivity index (χ0v) is 33.4. The van der Waals surface area contributed by atoms with Gasteiger partial charge in [-0.3, -0.25) is 44.7 Å². The Morgan fingerprint density at radius 2 is 1.23 bits per heavy atom. The lowest BCUT2D eigenvalue weighted by Crippen LogP contribution is -2.58. The van der Waals surface area contributed by atoms with Crippen molar-refractivity contribution < 1.29 is 57.7 Å². The van der Waals surface area contributed by atoms with E-state index in [-0.39, 0.29) is 80.9 Å². The highest BCUT2D eigenvalue weighted by molar-refractivity contribution is 8.01. The normalized spacial score (nSPS) is 19.4. The molecule has 3 heterocycles. The molecule has 21 nitrogen and oxygen atoms in total. The predicted octanol–water partition coefficient (Wildman–Crippen LogP) is 4.81. The second-order valence-corrected chi connectivity index (χ2v) is 15.5. The summed E-state index contributed by atoms with van der Waals surface area (Å²) >= 11 is 1.04. The minimum Gasteiger partial charge on any atom is -0.461 e. The second kappa shape index (κ2) is 19.0. The molecule has 0 bridgehead atoms. The number of likely N-dealkylation sites (N-methyl/N-ethyl adjacent to an activating group) is 1. The van der Waals surface area contributed by atoms with E-state index in [1.807, 2.05) is 0 Å². The summed E-state index contributed by atoms with van der Waals surface area (Å²) in [5.74, 6) is -3.70. The fraction of sp³-hybridized carbons (Fsp3) is 0.359. The van der Waals surface area contributed by atoms with Crippen LogP contribution in [0.3, 0.4) is 0 Å². The van der Waals surface area contributed by atoms with Crippen LogP contribution in [0.1, 0.15) is 36.0 Å². The Hall–Kier alpha value is -6.94. The predicted molar refractivity (Wildman–Crippen MR) is 210 cm³/mol. The Labute approximate surface area is 350 Å². The van der Waals surface area contributed by atoms with Gasteiger partial charge in [0.05, 0.1) is 39.3 Å². The quantitative estimate of drug-likeness (QED) is 0.0440. The van der Waals surface area contributed by atoms with Gasteiger partial charge in [-0.15, -0.1) is 0 Å². The SMILES string of the molecule is CN(C)C(=O)[C@H]1C[C@H](C(=O)OCc2ccc([N+](=O)[O-])cc2)CN1SC1=C(C(=O)OCc2ccc([N+](=O)[O-])cc2)N2C(=O)[C@@H](CCOC(=O)OCc3ccc([N+](=O)[O-])cc3)[C@H]2C1. The molecule has 3 aliphatic rings. The van der Waals surface area contributed by atoms with Crippen molar-refractivity contribution in [2.24, 2.45) is 11.8 Å². The molecule has 61 heavy (non-hydrogen) atoms. The van der Waals surface area contributed by atoms with E-state index in [1.165, 1.54) is 82.6 Å². The first-order valence-electron chi connectivity index (χ1n) is 18.7. The number of benzene rings is 3. The van der Waals surface area contributed by atoms with Gasteiger partial charge in [0.2, 0.25) is 11.8 Å². The Balaban J connectivity index is 1.13. The third kappa shape index (κ3) is 10.3. The third-order valence-electron chi connectivity index (χ3n) is 10.2. The first-order valence-corrected chi connectivity index (χ1v) is 19.4. The van der Waals surface area contributed by atoms with Gasteiger partial charge in [0.1, 0.15) is 31.6 Å². The largest absolute Gasteiger partial charge is 0.508 e. The number of nitro benzene ring substituents is 3. The summed E-state index contributed by atoms with van der Waals surface area (Å²) in [6, 6.07) is 14.9. The lowest BCUT2D eigenvalue weighted by atomic mass is 9.85. The minimum atomic E-state index is -1.02. The molecule has 0 spiro atoms. The fourth-order valence-electron chi connectivity index (χ4n) is 6.97. The molecule has 0 aliphatic carbocycles. The molecule has 3 aromatic rings. The number of carbonyl (C=O) groups is 5. The highest BCUT2D eigenvalue weighted by Gasteiger charge is 2.56. The van der Waals surface area contributed by atoms with Gasteiger partial charge in [-0.1, -0.05) is 0 Å². The van der Waals surface area contributed by atoms with Gasteiger partial charge in [-0.05, 0) is 77.9 Å². The Bertz CT molecular complexity index is 2250. The van der Waals surface area contributed by atoms with Crippen molar-refractivity contribution in [2.45, 2.75) is 51.2 Å². The molecule has 0 saturated carbocycles. The number of β-lactam (4-membered cyclic amide) rings is 1. The molecule has 2 saturated heterocycles. The van der Waals surface area contributed by atoms with Gasteiger partial charge in [-0.2, -0.15) is 0 Å². The van der Waals surface area contributed by atoms with Crippen LogP contribution in [0.4, 0.5) is 21.9 Å². The minimum absolute atomic E-state index is 0.0283. The Kier molecular flexibility index (Phi) is 13.6. The second-order valence-electron chi connectivity index (χ2n) is 14.4. The van der Waals surface area contributed by atoms with Crippen LogP contribution in [0, 0.1) is 42.2 Å². The summed E-state index contributed by atoms with van der Waals surface area (Å²) in [4.78, 5) is 101. The number of ether oxygens (including phenoxy) is 4. The number of esters is 2. The standard InChI is InChI=1S/C39H38N6O15S/c1-40(2)36(47)32-17-26(37(48)58-20-23-3-9-27(10-4-23)43(51)52)19-41(32)61-33-18-31-30(15-16-57-39(50)60-22-25-7-13-29(14-8-25)45(55)56)35(46)42(31)34(33)38(49)59-21-24-5-11-28(12-6-24)44(53)54/h3-14,26,30-32H,15-22H2,1-2H3/t26-,30-,31+,32+/m0/s1. The average molecular weight is 863 g/mol. The number of rotatable bonds is 17. The van der Waals surface area contributed by atoms with Crippen LogP contribution in [0.5, 0.6) is 0 Å². The third-order valence-corrected chi connectivity index (χ3v) is 11.4. The maximum atomic E-state index is 13.8. The maximum absolute atomic E-state index is 13.8. The van der Waals surface area contributed by atoms with E-state index in [1.54, 1.807) is 18.4 Å². The highest BCUT2D eigenvalue weighted by Crippen LogP contribution is 2.49. The lowest BCUT2D eigenvalue weighted by Gasteiger charge is -2.43. The van der Waals surface area contributed by atoms with Crippen molar-refractivity contribution in [3.05, 3.63) is 130 Å². The van der Waals surface area contributed by atoms with Crippen molar-refractivity contribution in [2.75, 3.05) is 27.2 Å². The van der Waals surface area contributed by atoms with E-state index in [4.69, 9.17) is 18.9 Å². The number of fused-ring (bicyclic) bond motifs is 1. The number of amides is 2. The Morgan fingerprint density at radius 1 is 0.738 bits per heavy atom. The van der Waals surface area contributed by atoms with Crippen LogP contribution < -0.4 is 0 Å². The number of non-ortho nitro benzene ring substituents is 3. The number of nitrogens with zero attached hydrogens (tertiary/aromatic N) is 6. The molecule has 3 aromatic carbocycles. The van der Waals surface area contributed by atoms with Crippen LogP contribution in [0.15, 0.2) is 83.4 Å². The van der Waals surface area contributed by atoms with Crippen LogP contribution in [0.2, 0.25) is 0 Å². The van der Waals surface area contributed by atoms with Crippen LogP contribution >= 0.6 is 11.9 Å². The number of hydrogen-bond acceptors (Lipinski definition) is 17. The van der Waals surface area contributed by atoms with E-state index in [9.17, 15) is 54.3 Å². The molecule has 0 aromatic heterocycles. The smallest absolute Gasteiger partial charge is 0.461 e. The first-order chi connectivity index (χ1) is 29.1. The first kappa shape index (κ1) is 43.6. The van der Waals surface area contributed by atoms with Gasteiger partial charge in [-0.25, -0.2) is 13.9 Å². The zero-order valence-electron chi connectivity index (χ0n) is 32.6. The van der Waals surface area contributed by atoms with E-state index in [2.05, 4.69) is 0 Å². The average Bonchev–Trinajstić information content (AvgIpc) is 3.82. The van der Waals surface area contributed by atoms with Crippen LogP contribution in [0.25, 0.3) is 0 Å². The van der Waals surface area contributed by atoms with E-state index in [0.29, 0.717) is 21.6 Å². The van der Waals surface area contributed by atoms with Crippen molar-refractivity contribution in [3.63, 3.8) is 0 Å². The van der Waals surface area contributed by atoms with Crippen molar-refractivity contribution in [1.82, 2.24) is 14.1 Å². The fourth-order valence-corrected chi connectivity index (χ4v) is 8.32. The van der Waals surface area contributed by atoms with E-state index < -0.39 is 62.7 Å². The Morgan fingerprint density at radius 3 is 1.72 bits per heavy atom. The molecule has 6 rings (SSSR count). The van der Waals surface area contributed by atoms with Crippen molar-refractivity contribution in [3.8, 4) is 0 Å². The van der Waals surface area contributed by atoms with Gasteiger partial charge in [0.15, 0.2) is 0 Å². The number of hydrogen-bond donors (Lipinski definition) is 0. The molecule has 0 unspecified atom stereocenters. The summed E-state index contributed by atoms with van der Waals surface area (Å²) in [6.45, 7) is -0.835. The van der Waals surface area contributed by atoms with E-state index in [0.717, 1.165) is 11.9 Å². The molecule has 2 fully saturated rings. The molecule has 22 heteroatoms. The topological polar surface area (TPSA) is 261 Å². The zero-order chi connectivity index (χ0) is 44.0.